The van der Waals surface area contributed by atoms with E-state index in [1.165, 1.54) is 11.3 Å². The van der Waals surface area contributed by atoms with Crippen LogP contribution in [-0.2, 0) is 12.6 Å². The van der Waals surface area contributed by atoms with Crippen molar-refractivity contribution >= 4 is 53.7 Å². The van der Waals surface area contributed by atoms with Gasteiger partial charge in [-0.25, -0.2) is 9.97 Å². The second-order valence-electron chi connectivity index (χ2n) is 4.78. The average Bonchev–Trinajstić information content (AvgIpc) is 3.00. The Kier molecular flexibility index (Phi) is 10.9. The van der Waals surface area contributed by atoms with E-state index in [1.54, 1.807) is 5.38 Å². The monoisotopic (exact) mass is 466 g/mol. The molecule has 6 nitrogen and oxygen atoms in total. The summed E-state index contributed by atoms with van der Waals surface area (Å²) in [5.74, 6) is -0.516. The zero-order valence-electron chi connectivity index (χ0n) is 13.6. The number of nitrogens with one attached hydrogen (secondary N) is 1. The molecule has 3 N–H and O–H groups in total. The molecule has 0 unspecified atom stereocenters. The van der Waals surface area contributed by atoms with E-state index in [-0.39, 0.29) is 60.5 Å². The molecule has 0 atom stereocenters. The Bertz CT molecular complexity index is 747. The molecule has 2 rings (SSSR count). The third kappa shape index (κ3) is 7.67. The predicted molar refractivity (Wildman–Crippen MR) is 101 cm³/mol. The number of amides is 1. The van der Waals surface area contributed by atoms with Crippen molar-refractivity contribution in [3.63, 3.8) is 0 Å². The summed E-state index contributed by atoms with van der Waals surface area (Å²) in [6.45, 7) is 0.550. The summed E-state index contributed by atoms with van der Waals surface area (Å²) in [5.41, 5.74) is 4.73. The van der Waals surface area contributed by atoms with Crippen LogP contribution in [0.3, 0.4) is 0 Å². The number of nitrogens with two attached hydrogens (primary N) is 1. The first kappa shape index (κ1) is 25.7. The molecule has 27 heavy (non-hydrogen) atoms. The van der Waals surface area contributed by atoms with Crippen LogP contribution in [0.2, 0.25) is 5.02 Å². The fraction of sp³-hybridized carbons (Fsp3) is 0.357. The minimum absolute atomic E-state index is 0. The summed E-state index contributed by atoms with van der Waals surface area (Å²) >= 11 is 7.05. The molecule has 2 heterocycles. The number of thiazole rings is 1. The van der Waals surface area contributed by atoms with Crippen LogP contribution in [0.1, 0.15) is 21.1 Å². The van der Waals surface area contributed by atoms with Gasteiger partial charge in [0.15, 0.2) is 0 Å². The number of hydrogen-bond donors (Lipinski definition) is 2. The van der Waals surface area contributed by atoms with Gasteiger partial charge in [-0.05, 0) is 12.6 Å². The van der Waals surface area contributed by atoms with E-state index >= 15 is 0 Å². The van der Waals surface area contributed by atoms with Crippen LogP contribution in [0.15, 0.2) is 17.6 Å². The molecule has 0 saturated heterocycles. The zero-order valence-corrected chi connectivity index (χ0v) is 16.8. The Labute approximate surface area is 174 Å². The zero-order chi connectivity index (χ0) is 18.4. The lowest BCUT2D eigenvalue weighted by atomic mass is 10.3. The number of nitrogens with zero attached hydrogens (tertiary/aromatic N) is 2. The van der Waals surface area contributed by atoms with Crippen molar-refractivity contribution in [3.05, 3.63) is 38.9 Å². The lowest BCUT2D eigenvalue weighted by Crippen LogP contribution is -2.28. The van der Waals surface area contributed by atoms with Crippen LogP contribution in [0, 0.1) is 0 Å². The van der Waals surface area contributed by atoms with Crippen molar-refractivity contribution in [2.24, 2.45) is 5.73 Å². The first-order valence-electron chi connectivity index (χ1n) is 7.09. The van der Waals surface area contributed by atoms with Gasteiger partial charge in [0.2, 0.25) is 5.88 Å². The summed E-state index contributed by atoms with van der Waals surface area (Å²) in [5, 5.41) is 4.71. The minimum Gasteiger partial charge on any atom is -0.475 e. The van der Waals surface area contributed by atoms with Gasteiger partial charge in [0, 0.05) is 18.0 Å². The van der Waals surface area contributed by atoms with E-state index in [9.17, 15) is 18.0 Å². The van der Waals surface area contributed by atoms with E-state index in [1.807, 2.05) is 0 Å². The van der Waals surface area contributed by atoms with Gasteiger partial charge in [-0.3, -0.25) is 4.79 Å². The SMILES string of the molecule is Cl.Cl.NCCc1nc(C(=O)NCCOc2ncc(C(F)(F)F)cc2Cl)cs1. The van der Waals surface area contributed by atoms with Crippen molar-refractivity contribution < 1.29 is 22.7 Å². The van der Waals surface area contributed by atoms with Gasteiger partial charge >= 0.3 is 6.18 Å². The molecule has 0 aliphatic heterocycles. The predicted octanol–water partition coefficient (Wildman–Crippen LogP) is 3.36. The summed E-state index contributed by atoms with van der Waals surface area (Å²) < 4.78 is 42.7. The highest BCUT2D eigenvalue weighted by atomic mass is 35.5. The number of alkyl halides is 3. The highest BCUT2D eigenvalue weighted by Gasteiger charge is 2.31. The molecule has 0 aliphatic rings. The molecule has 2 aromatic rings. The third-order valence-electron chi connectivity index (χ3n) is 2.90. The Morgan fingerprint density at radius 3 is 2.67 bits per heavy atom. The molecular weight excluding hydrogens is 452 g/mol. The molecule has 0 aliphatic carbocycles. The molecule has 2 aromatic heterocycles. The Hall–Kier alpha value is -1.33. The van der Waals surface area contributed by atoms with Gasteiger partial charge in [-0.15, -0.1) is 36.2 Å². The molecule has 0 aromatic carbocycles. The summed E-state index contributed by atoms with van der Waals surface area (Å²) in [7, 11) is 0. The van der Waals surface area contributed by atoms with Crippen molar-refractivity contribution in [1.29, 1.82) is 0 Å². The number of halogens is 6. The highest BCUT2D eigenvalue weighted by molar-refractivity contribution is 7.09. The number of aromatic nitrogens is 2. The average molecular weight is 468 g/mol. The Morgan fingerprint density at radius 2 is 2.07 bits per heavy atom. The maximum absolute atomic E-state index is 12.5. The highest BCUT2D eigenvalue weighted by Crippen LogP contribution is 2.32. The molecule has 0 radical (unpaired) electrons. The normalized spacial score (nSPS) is 10.6. The summed E-state index contributed by atoms with van der Waals surface area (Å²) in [6.07, 6.45) is -3.30. The largest absolute Gasteiger partial charge is 0.475 e. The van der Waals surface area contributed by atoms with Crippen LogP contribution >= 0.6 is 47.8 Å². The molecule has 152 valence electrons. The molecule has 0 saturated carbocycles. The summed E-state index contributed by atoms with van der Waals surface area (Å²) in [4.78, 5) is 19.5. The first-order valence-corrected chi connectivity index (χ1v) is 8.35. The first-order chi connectivity index (χ1) is 11.8. The molecular formula is C14H16Cl3F3N4O2S. The van der Waals surface area contributed by atoms with E-state index < -0.39 is 11.7 Å². The standard InChI is InChI=1S/C14H14ClF3N4O2S.2ClH/c15-9-5-8(14(16,17)18)6-21-13(9)24-4-3-20-12(23)10-7-25-11(22-10)1-2-19;;/h5-7H,1-4,19H2,(H,20,23);2*1H. The number of carbonyl (C=O) groups excluding carboxylic acids is 1. The van der Waals surface area contributed by atoms with Gasteiger partial charge in [0.25, 0.3) is 5.91 Å². The Morgan fingerprint density at radius 1 is 1.37 bits per heavy atom. The second-order valence-corrected chi connectivity index (χ2v) is 6.13. The van der Waals surface area contributed by atoms with Gasteiger partial charge in [-0.2, -0.15) is 13.2 Å². The van der Waals surface area contributed by atoms with E-state index in [0.717, 1.165) is 11.1 Å². The molecule has 0 spiro atoms. The molecule has 0 bridgehead atoms. The summed E-state index contributed by atoms with van der Waals surface area (Å²) in [6, 6.07) is 0.733. The number of ether oxygens (including phenoxy) is 1. The lowest BCUT2D eigenvalue weighted by Gasteiger charge is -2.10. The van der Waals surface area contributed by atoms with Crippen molar-refractivity contribution in [3.8, 4) is 5.88 Å². The van der Waals surface area contributed by atoms with Crippen molar-refractivity contribution in [2.75, 3.05) is 19.7 Å². The quantitative estimate of drug-likeness (QED) is 0.610. The number of carbonyl (C=O) groups is 1. The van der Waals surface area contributed by atoms with Crippen LogP contribution in [0.5, 0.6) is 5.88 Å². The molecule has 0 fully saturated rings. The van der Waals surface area contributed by atoms with E-state index in [0.29, 0.717) is 19.2 Å². The van der Waals surface area contributed by atoms with Crippen LogP contribution in [-0.4, -0.2) is 35.6 Å². The van der Waals surface area contributed by atoms with Gasteiger partial charge in [0.05, 0.1) is 17.1 Å². The number of hydrogen-bond acceptors (Lipinski definition) is 6. The van der Waals surface area contributed by atoms with E-state index in [4.69, 9.17) is 22.1 Å². The van der Waals surface area contributed by atoms with Gasteiger partial charge in [-0.1, -0.05) is 11.6 Å². The van der Waals surface area contributed by atoms with Crippen LogP contribution < -0.4 is 15.8 Å². The van der Waals surface area contributed by atoms with Crippen molar-refractivity contribution in [2.45, 2.75) is 12.6 Å². The van der Waals surface area contributed by atoms with Gasteiger partial charge in [0.1, 0.15) is 17.3 Å². The number of rotatable bonds is 7. The second kappa shape index (κ2) is 11.5. The topological polar surface area (TPSA) is 90.1 Å². The van der Waals surface area contributed by atoms with E-state index in [2.05, 4.69) is 15.3 Å². The fourth-order valence-corrected chi connectivity index (χ4v) is 2.76. The molecule has 13 heteroatoms. The van der Waals surface area contributed by atoms with Crippen LogP contribution in [0.4, 0.5) is 13.2 Å². The minimum atomic E-state index is -4.53. The van der Waals surface area contributed by atoms with Crippen molar-refractivity contribution in [1.82, 2.24) is 15.3 Å². The van der Waals surface area contributed by atoms with Gasteiger partial charge < -0.3 is 15.8 Å². The lowest BCUT2D eigenvalue weighted by molar-refractivity contribution is -0.137. The molecule has 1 amide bonds. The fourth-order valence-electron chi connectivity index (χ4n) is 1.74. The maximum atomic E-state index is 12.5. The smallest absolute Gasteiger partial charge is 0.417 e. The van der Waals surface area contributed by atoms with Crippen LogP contribution in [0.25, 0.3) is 0 Å². The maximum Gasteiger partial charge on any atom is 0.417 e. The third-order valence-corrected chi connectivity index (χ3v) is 4.08. The Balaban J connectivity index is 0.00000338. The number of pyridine rings is 1.